The molecule has 0 radical (unpaired) electrons. The van der Waals surface area contributed by atoms with Gasteiger partial charge in [-0.15, -0.1) is 0 Å². The Labute approximate surface area is 89.2 Å². The van der Waals surface area contributed by atoms with Gasteiger partial charge in [0.15, 0.2) is 10.9 Å². The molecule has 0 bridgehead atoms. The average Bonchev–Trinajstić information content (AvgIpc) is 2.11. The predicted octanol–water partition coefficient (Wildman–Crippen LogP) is 3.60. The monoisotopic (exact) mass is 211 g/mol. The molecule has 1 heterocycles. The third kappa shape index (κ3) is 2.26. The Hall–Kier alpha value is -1.02. The zero-order chi connectivity index (χ0) is 10.7. The van der Waals surface area contributed by atoms with E-state index in [0.717, 1.165) is 11.3 Å². The van der Waals surface area contributed by atoms with Gasteiger partial charge in [-0.3, -0.25) is 0 Å². The predicted molar refractivity (Wildman–Crippen MR) is 59.7 cm³/mol. The molecular weight excluding hydrogens is 198 g/mol. The summed E-state index contributed by atoms with van der Waals surface area (Å²) < 4.78 is 0. The maximum absolute atomic E-state index is 9.42. The van der Waals surface area contributed by atoms with Crippen molar-refractivity contribution in [2.75, 3.05) is 0 Å². The lowest BCUT2D eigenvalue weighted by Crippen LogP contribution is -1.95. The zero-order valence-corrected chi connectivity index (χ0v) is 9.34. The molecule has 1 N–H and O–H groups in total. The van der Waals surface area contributed by atoms with Gasteiger partial charge in [-0.2, -0.15) is 0 Å². The summed E-state index contributed by atoms with van der Waals surface area (Å²) in [6.45, 7) is 6.03. The highest BCUT2D eigenvalue weighted by molar-refractivity contribution is 6.30. The first kappa shape index (κ1) is 11.1. The molecule has 2 nitrogen and oxygen atoms in total. The summed E-state index contributed by atoms with van der Waals surface area (Å²) in [5.41, 5.74) is 1.83. The van der Waals surface area contributed by atoms with Crippen molar-refractivity contribution in [1.29, 1.82) is 0 Å². The number of hydrogen-bond donors (Lipinski definition) is 1. The average molecular weight is 212 g/mol. The van der Waals surface area contributed by atoms with Gasteiger partial charge in [0.25, 0.3) is 0 Å². The van der Waals surface area contributed by atoms with Crippen LogP contribution in [0.1, 0.15) is 37.9 Å². The number of nitrogens with zero attached hydrogens (tertiary/aromatic N) is 1. The Morgan fingerprint density at radius 2 is 2.14 bits per heavy atom. The maximum Gasteiger partial charge on any atom is 0.171 e. The molecule has 0 amide bonds. The van der Waals surface area contributed by atoms with E-state index in [-0.39, 0.29) is 10.9 Å². The van der Waals surface area contributed by atoms with Crippen molar-refractivity contribution >= 4 is 17.7 Å². The topological polar surface area (TPSA) is 33.1 Å². The van der Waals surface area contributed by atoms with E-state index in [4.69, 9.17) is 11.6 Å². The minimum Gasteiger partial charge on any atom is -0.505 e. The van der Waals surface area contributed by atoms with Crippen molar-refractivity contribution in [3.05, 3.63) is 28.6 Å². The Bertz CT molecular complexity index is 359. The van der Waals surface area contributed by atoms with Crippen LogP contribution in [-0.4, -0.2) is 10.1 Å². The molecule has 0 fully saturated rings. The molecule has 0 atom stereocenters. The summed E-state index contributed by atoms with van der Waals surface area (Å²) in [6, 6.07) is 1.68. The van der Waals surface area contributed by atoms with Crippen molar-refractivity contribution in [3.63, 3.8) is 0 Å². The minimum atomic E-state index is 0.0450. The molecule has 0 saturated heterocycles. The van der Waals surface area contributed by atoms with Crippen molar-refractivity contribution in [3.8, 4) is 5.75 Å². The Morgan fingerprint density at radius 1 is 1.50 bits per heavy atom. The number of halogens is 1. The molecule has 76 valence electrons. The molecule has 0 aliphatic heterocycles. The molecule has 0 saturated carbocycles. The smallest absolute Gasteiger partial charge is 0.171 e. The lowest BCUT2D eigenvalue weighted by molar-refractivity contribution is 0.471. The van der Waals surface area contributed by atoms with Crippen LogP contribution in [0.3, 0.4) is 0 Å². The fourth-order valence-corrected chi connectivity index (χ4v) is 1.41. The Morgan fingerprint density at radius 3 is 2.64 bits per heavy atom. The molecular formula is C11H14ClNO. The fraction of sp³-hybridized carbons (Fsp3) is 0.364. The van der Waals surface area contributed by atoms with Gasteiger partial charge in [0.05, 0.1) is 5.69 Å². The van der Waals surface area contributed by atoms with Crippen LogP contribution < -0.4 is 0 Å². The molecule has 0 spiro atoms. The lowest BCUT2D eigenvalue weighted by atomic mass is 10.0. The summed E-state index contributed by atoms with van der Waals surface area (Å²) in [5, 5.41) is 9.58. The number of aromatic hydroxyl groups is 1. The first-order valence-electron chi connectivity index (χ1n) is 4.58. The van der Waals surface area contributed by atoms with Crippen molar-refractivity contribution < 1.29 is 5.11 Å². The van der Waals surface area contributed by atoms with Gasteiger partial charge < -0.3 is 5.11 Å². The van der Waals surface area contributed by atoms with E-state index in [1.165, 1.54) is 0 Å². The van der Waals surface area contributed by atoms with Crippen LogP contribution >= 0.6 is 11.6 Å². The van der Waals surface area contributed by atoms with Crippen LogP contribution in [0.25, 0.3) is 6.08 Å². The number of hydrogen-bond acceptors (Lipinski definition) is 2. The van der Waals surface area contributed by atoms with Crippen LogP contribution in [0.2, 0.25) is 5.15 Å². The van der Waals surface area contributed by atoms with E-state index in [2.05, 4.69) is 18.8 Å². The van der Waals surface area contributed by atoms with Crippen molar-refractivity contribution in [1.82, 2.24) is 4.98 Å². The molecule has 1 aromatic rings. The van der Waals surface area contributed by atoms with Gasteiger partial charge in [0.1, 0.15) is 0 Å². The summed E-state index contributed by atoms with van der Waals surface area (Å²) >= 11 is 5.73. The molecule has 1 rings (SSSR count). The van der Waals surface area contributed by atoms with E-state index in [0.29, 0.717) is 5.92 Å². The highest BCUT2D eigenvalue weighted by Crippen LogP contribution is 2.28. The summed E-state index contributed by atoms with van der Waals surface area (Å²) in [4.78, 5) is 4.11. The first-order chi connectivity index (χ1) is 6.56. The summed E-state index contributed by atoms with van der Waals surface area (Å²) in [7, 11) is 0. The van der Waals surface area contributed by atoms with Crippen LogP contribution in [-0.2, 0) is 0 Å². The normalized spacial score (nSPS) is 11.5. The molecule has 1 aromatic heterocycles. The molecule has 3 heteroatoms. The lowest BCUT2D eigenvalue weighted by Gasteiger charge is -2.10. The van der Waals surface area contributed by atoms with Crippen LogP contribution in [0, 0.1) is 0 Å². The van der Waals surface area contributed by atoms with Crippen molar-refractivity contribution in [2.24, 2.45) is 0 Å². The Kier molecular flexibility index (Phi) is 3.53. The maximum atomic E-state index is 9.42. The molecule has 0 aliphatic carbocycles. The number of aromatic nitrogens is 1. The second-order valence-electron chi connectivity index (χ2n) is 3.43. The van der Waals surface area contributed by atoms with E-state index < -0.39 is 0 Å². The van der Waals surface area contributed by atoms with Gasteiger partial charge in [0.2, 0.25) is 0 Å². The van der Waals surface area contributed by atoms with Crippen molar-refractivity contribution in [2.45, 2.75) is 26.7 Å². The largest absolute Gasteiger partial charge is 0.505 e. The highest BCUT2D eigenvalue weighted by atomic mass is 35.5. The van der Waals surface area contributed by atoms with Gasteiger partial charge in [-0.25, -0.2) is 4.98 Å². The quantitative estimate of drug-likeness (QED) is 0.759. The second kappa shape index (κ2) is 4.47. The van der Waals surface area contributed by atoms with Crippen LogP contribution in [0.4, 0.5) is 0 Å². The summed E-state index contributed by atoms with van der Waals surface area (Å²) in [6.07, 6.45) is 3.79. The SMILES string of the molecule is C/C=C\c1nc(Cl)c(O)cc1C(C)C. The van der Waals surface area contributed by atoms with Gasteiger partial charge in [0, 0.05) is 0 Å². The second-order valence-corrected chi connectivity index (χ2v) is 3.79. The summed E-state index contributed by atoms with van der Waals surface area (Å²) in [5.74, 6) is 0.362. The molecule has 0 aromatic carbocycles. The van der Waals surface area contributed by atoms with E-state index in [1.54, 1.807) is 6.07 Å². The third-order valence-corrected chi connectivity index (χ3v) is 2.24. The first-order valence-corrected chi connectivity index (χ1v) is 4.96. The fourth-order valence-electron chi connectivity index (χ4n) is 1.26. The van der Waals surface area contributed by atoms with Crippen LogP contribution in [0.15, 0.2) is 12.1 Å². The minimum absolute atomic E-state index is 0.0450. The Balaban J connectivity index is 3.31. The van der Waals surface area contributed by atoms with E-state index in [1.807, 2.05) is 19.1 Å². The highest BCUT2D eigenvalue weighted by Gasteiger charge is 2.10. The standard InChI is InChI=1S/C11H14ClNO/c1-4-5-9-8(7(2)3)6-10(14)11(12)13-9/h4-7,14H,1-3H3/b5-4-. The van der Waals surface area contributed by atoms with Gasteiger partial charge in [-0.05, 0) is 30.5 Å². The number of rotatable bonds is 2. The molecule has 14 heavy (non-hydrogen) atoms. The zero-order valence-electron chi connectivity index (χ0n) is 8.58. The van der Waals surface area contributed by atoms with Gasteiger partial charge in [-0.1, -0.05) is 31.5 Å². The van der Waals surface area contributed by atoms with E-state index >= 15 is 0 Å². The number of allylic oxidation sites excluding steroid dienone is 1. The number of pyridine rings is 1. The van der Waals surface area contributed by atoms with E-state index in [9.17, 15) is 5.11 Å². The van der Waals surface area contributed by atoms with Crippen LogP contribution in [0.5, 0.6) is 5.75 Å². The van der Waals surface area contributed by atoms with Gasteiger partial charge >= 0.3 is 0 Å². The molecule has 0 unspecified atom stereocenters. The third-order valence-electron chi connectivity index (χ3n) is 1.96. The molecule has 0 aliphatic rings.